The van der Waals surface area contributed by atoms with E-state index >= 15 is 0 Å². The molecule has 2 heterocycles. The number of nitrogen functional groups attached to an aromatic ring is 1. The molecule has 2 aliphatic rings. The molecule has 0 spiro atoms. The van der Waals surface area contributed by atoms with Crippen molar-refractivity contribution in [3.8, 4) is 17.1 Å². The molecule has 0 unspecified atom stereocenters. The minimum absolute atomic E-state index is 0. The second-order valence-electron chi connectivity index (χ2n) is 8.99. The van der Waals surface area contributed by atoms with Gasteiger partial charge in [0.05, 0.1) is 23.9 Å². The minimum atomic E-state index is -0.371. The third-order valence-corrected chi connectivity index (χ3v) is 6.33. The summed E-state index contributed by atoms with van der Waals surface area (Å²) in [5, 5.41) is 10.3. The molecule has 1 aromatic carbocycles. The normalized spacial score (nSPS) is 20.3. The molecule has 2 aromatic rings. The lowest BCUT2D eigenvalue weighted by Crippen LogP contribution is -2.31. The molecule has 1 amide bonds. The van der Waals surface area contributed by atoms with Gasteiger partial charge in [-0.25, -0.2) is 9.97 Å². The van der Waals surface area contributed by atoms with E-state index in [0.29, 0.717) is 30.2 Å². The first-order valence-electron chi connectivity index (χ1n) is 11.9. The van der Waals surface area contributed by atoms with Crippen LogP contribution in [0.5, 0.6) is 5.75 Å². The van der Waals surface area contributed by atoms with Gasteiger partial charge in [-0.1, -0.05) is 12.8 Å². The van der Waals surface area contributed by atoms with E-state index < -0.39 is 0 Å². The number of amidine groups is 1. The molecule has 1 saturated carbocycles. The van der Waals surface area contributed by atoms with Crippen LogP contribution in [0.15, 0.2) is 36.7 Å². The highest BCUT2D eigenvalue weighted by Crippen LogP contribution is 2.25. The first-order chi connectivity index (χ1) is 16.5. The van der Waals surface area contributed by atoms with Gasteiger partial charge in [0.15, 0.2) is 5.82 Å². The van der Waals surface area contributed by atoms with E-state index in [1.807, 2.05) is 24.3 Å². The maximum atomic E-state index is 12.4. The summed E-state index contributed by atoms with van der Waals surface area (Å²) in [6.45, 7) is 0.322. The van der Waals surface area contributed by atoms with Crippen LogP contribution in [0, 0.1) is 11.3 Å². The lowest BCUT2D eigenvalue weighted by molar-refractivity contribution is -0.152. The smallest absolute Gasteiger partial charge is 0.306 e. The summed E-state index contributed by atoms with van der Waals surface area (Å²) >= 11 is 0. The maximum Gasteiger partial charge on any atom is 0.306 e. The molecule has 35 heavy (non-hydrogen) atoms. The SMILES string of the molecule is Cl.N=C(N)c1cnc(-c2ccc(OC[C@@H]3C[C@@H](CC(=O)OC4CCCCCC4)C(=O)N3)cc2)nc1. The zero-order valence-electron chi connectivity index (χ0n) is 19.6. The fraction of sp³-hybridized carbons (Fsp3) is 0.480. The molecule has 10 heteroatoms. The molecule has 9 nitrogen and oxygen atoms in total. The number of hydrogen-bond donors (Lipinski definition) is 3. The number of rotatable bonds is 8. The standard InChI is InChI=1S/C25H31N5O4.ClH/c26-23(27)18-13-28-24(29-14-18)16-7-9-20(10-8-16)33-15-19-11-17(25(32)30-19)12-22(31)34-21-5-3-1-2-4-6-21;/h7-10,13-14,17,19,21H,1-6,11-12,15H2,(H3,26,27)(H,30,32);1H/t17-,19-;/m0./s1. The first-order valence-corrected chi connectivity index (χ1v) is 11.9. The number of amides is 1. The van der Waals surface area contributed by atoms with Gasteiger partial charge in [0.2, 0.25) is 5.91 Å². The van der Waals surface area contributed by atoms with Crippen molar-refractivity contribution in [3.05, 3.63) is 42.2 Å². The number of esters is 1. The number of carbonyl (C=O) groups is 2. The van der Waals surface area contributed by atoms with Gasteiger partial charge < -0.3 is 20.5 Å². The average molecular weight is 502 g/mol. The van der Waals surface area contributed by atoms with Crippen LogP contribution >= 0.6 is 12.4 Å². The molecular weight excluding hydrogens is 470 g/mol. The number of nitrogens with one attached hydrogen (secondary N) is 2. The molecule has 0 bridgehead atoms. The summed E-state index contributed by atoms with van der Waals surface area (Å²) in [4.78, 5) is 33.2. The first kappa shape index (κ1) is 26.4. The van der Waals surface area contributed by atoms with E-state index in [0.717, 1.165) is 31.2 Å². The number of halogens is 1. The van der Waals surface area contributed by atoms with Crippen molar-refractivity contribution in [1.82, 2.24) is 15.3 Å². The Morgan fingerprint density at radius 2 is 1.74 bits per heavy atom. The monoisotopic (exact) mass is 501 g/mol. The van der Waals surface area contributed by atoms with E-state index in [9.17, 15) is 9.59 Å². The summed E-state index contributed by atoms with van der Waals surface area (Å²) in [7, 11) is 0. The molecule has 1 saturated heterocycles. The van der Waals surface area contributed by atoms with Crippen LogP contribution in [-0.4, -0.2) is 46.4 Å². The van der Waals surface area contributed by atoms with E-state index in [1.54, 1.807) is 0 Å². The third-order valence-electron chi connectivity index (χ3n) is 6.33. The Morgan fingerprint density at radius 3 is 2.37 bits per heavy atom. The number of hydrogen-bond acceptors (Lipinski definition) is 7. The zero-order chi connectivity index (χ0) is 23.9. The predicted octanol–water partition coefficient (Wildman–Crippen LogP) is 3.39. The van der Waals surface area contributed by atoms with Crippen molar-refractivity contribution in [2.24, 2.45) is 11.7 Å². The molecular formula is C25H32ClN5O4. The molecule has 0 radical (unpaired) electrons. The quantitative estimate of drug-likeness (QED) is 0.218. The van der Waals surface area contributed by atoms with E-state index in [1.165, 1.54) is 25.2 Å². The van der Waals surface area contributed by atoms with Crippen LogP contribution in [0.2, 0.25) is 0 Å². The lowest BCUT2D eigenvalue weighted by atomic mass is 10.0. The number of carbonyl (C=O) groups excluding carboxylic acids is 2. The summed E-state index contributed by atoms with van der Waals surface area (Å²) in [6, 6.07) is 7.17. The summed E-state index contributed by atoms with van der Waals surface area (Å²) in [5.74, 6) is 0.348. The van der Waals surface area contributed by atoms with E-state index in [-0.39, 0.29) is 54.6 Å². The van der Waals surface area contributed by atoms with Gasteiger partial charge in [0.25, 0.3) is 0 Å². The number of nitrogens with zero attached hydrogens (tertiary/aromatic N) is 2. The summed E-state index contributed by atoms with van der Waals surface area (Å²) in [5.41, 5.74) is 6.71. The molecule has 4 N–H and O–H groups in total. The second kappa shape index (κ2) is 12.5. The number of aromatic nitrogens is 2. The fourth-order valence-electron chi connectivity index (χ4n) is 4.42. The molecule has 1 aliphatic heterocycles. The highest BCUT2D eigenvalue weighted by Gasteiger charge is 2.34. The Bertz CT molecular complexity index is 1010. The Labute approximate surface area is 211 Å². The van der Waals surface area contributed by atoms with Gasteiger partial charge in [-0.3, -0.25) is 15.0 Å². The Morgan fingerprint density at radius 1 is 1.09 bits per heavy atom. The van der Waals surface area contributed by atoms with Crippen molar-refractivity contribution in [1.29, 1.82) is 5.41 Å². The maximum absolute atomic E-state index is 12.4. The van der Waals surface area contributed by atoms with Crippen molar-refractivity contribution < 1.29 is 19.1 Å². The van der Waals surface area contributed by atoms with Crippen molar-refractivity contribution in [2.75, 3.05) is 6.61 Å². The van der Waals surface area contributed by atoms with E-state index in [2.05, 4.69) is 15.3 Å². The highest BCUT2D eigenvalue weighted by atomic mass is 35.5. The second-order valence-corrected chi connectivity index (χ2v) is 8.99. The molecule has 1 aromatic heterocycles. The van der Waals surface area contributed by atoms with Crippen molar-refractivity contribution >= 4 is 30.1 Å². The van der Waals surface area contributed by atoms with Crippen LogP contribution in [-0.2, 0) is 14.3 Å². The van der Waals surface area contributed by atoms with Gasteiger partial charge in [0.1, 0.15) is 24.3 Å². The Hall–Kier alpha value is -3.20. The van der Waals surface area contributed by atoms with Crippen LogP contribution in [0.25, 0.3) is 11.4 Å². The van der Waals surface area contributed by atoms with Crippen LogP contribution in [0.4, 0.5) is 0 Å². The third kappa shape index (κ3) is 7.39. The molecule has 2 fully saturated rings. The zero-order valence-corrected chi connectivity index (χ0v) is 20.4. The Balaban J connectivity index is 0.00000342. The molecule has 188 valence electrons. The lowest BCUT2D eigenvalue weighted by Gasteiger charge is -2.16. The van der Waals surface area contributed by atoms with Crippen molar-refractivity contribution in [3.63, 3.8) is 0 Å². The minimum Gasteiger partial charge on any atom is -0.491 e. The van der Waals surface area contributed by atoms with Crippen LogP contribution in [0.3, 0.4) is 0 Å². The average Bonchev–Trinajstić information content (AvgIpc) is 3.00. The Kier molecular flexibility index (Phi) is 9.42. The van der Waals surface area contributed by atoms with Crippen LogP contribution < -0.4 is 15.8 Å². The largest absolute Gasteiger partial charge is 0.491 e. The van der Waals surface area contributed by atoms with Gasteiger partial charge in [-0.15, -0.1) is 12.4 Å². The fourth-order valence-corrected chi connectivity index (χ4v) is 4.42. The highest BCUT2D eigenvalue weighted by molar-refractivity contribution is 5.94. The number of benzene rings is 1. The van der Waals surface area contributed by atoms with Crippen molar-refractivity contribution in [2.45, 2.75) is 63.5 Å². The predicted molar refractivity (Wildman–Crippen MR) is 133 cm³/mol. The molecule has 2 atom stereocenters. The topological polar surface area (TPSA) is 140 Å². The van der Waals surface area contributed by atoms with E-state index in [4.69, 9.17) is 20.6 Å². The summed E-state index contributed by atoms with van der Waals surface area (Å²) < 4.78 is 11.5. The molecule has 1 aliphatic carbocycles. The summed E-state index contributed by atoms with van der Waals surface area (Å²) in [6.07, 6.45) is 10.1. The van der Waals surface area contributed by atoms with Gasteiger partial charge in [-0.2, -0.15) is 0 Å². The van der Waals surface area contributed by atoms with Gasteiger partial charge >= 0.3 is 5.97 Å². The number of nitrogens with two attached hydrogens (primary N) is 1. The van der Waals surface area contributed by atoms with Crippen LogP contribution in [0.1, 0.15) is 56.9 Å². The molecule has 4 rings (SSSR count). The van der Waals surface area contributed by atoms with Gasteiger partial charge in [0, 0.05) is 18.0 Å². The number of ether oxygens (including phenoxy) is 2. The van der Waals surface area contributed by atoms with Gasteiger partial charge in [-0.05, 0) is 56.4 Å².